The smallest absolute Gasteiger partial charge is 0.196 e. The standard InChI is InChI=1S/C24H30O3/c1-23(2,3)17-10-7-9-16(13-17)21(25)19-11-8-12-20(24(4,5)6)22(19)27-15-18-14-26-18/h7-13,18H,14-15H2,1-6H3. The normalized spacial score (nSPS) is 16.9. The SMILES string of the molecule is CC(C)(C)c1cccc(C(=O)c2cccc(C(C)(C)C)c2OCC2CO2)c1. The van der Waals surface area contributed by atoms with Crippen molar-refractivity contribution in [3.63, 3.8) is 0 Å². The van der Waals surface area contributed by atoms with Gasteiger partial charge in [0.1, 0.15) is 18.5 Å². The summed E-state index contributed by atoms with van der Waals surface area (Å²) in [5, 5.41) is 0. The second-order valence-corrected chi connectivity index (χ2v) is 9.36. The Morgan fingerprint density at radius 3 is 2.30 bits per heavy atom. The molecule has 2 aromatic carbocycles. The molecule has 0 aliphatic carbocycles. The first-order valence-corrected chi connectivity index (χ1v) is 9.60. The first-order valence-electron chi connectivity index (χ1n) is 9.60. The van der Waals surface area contributed by atoms with E-state index >= 15 is 0 Å². The van der Waals surface area contributed by atoms with Crippen molar-refractivity contribution in [1.29, 1.82) is 0 Å². The van der Waals surface area contributed by atoms with Gasteiger partial charge in [-0.05, 0) is 28.5 Å². The van der Waals surface area contributed by atoms with E-state index in [9.17, 15) is 4.79 Å². The van der Waals surface area contributed by atoms with Crippen LogP contribution in [0.4, 0.5) is 0 Å². The molecular formula is C24H30O3. The summed E-state index contributed by atoms with van der Waals surface area (Å²) < 4.78 is 11.4. The number of hydrogen-bond acceptors (Lipinski definition) is 3. The lowest BCUT2D eigenvalue weighted by Crippen LogP contribution is -2.18. The van der Waals surface area contributed by atoms with Crippen LogP contribution in [0.15, 0.2) is 42.5 Å². The Balaban J connectivity index is 2.03. The Hall–Kier alpha value is -2.13. The minimum absolute atomic E-state index is 0.00100. The van der Waals surface area contributed by atoms with Crippen molar-refractivity contribution in [2.75, 3.05) is 13.2 Å². The van der Waals surface area contributed by atoms with Gasteiger partial charge >= 0.3 is 0 Å². The minimum Gasteiger partial charge on any atom is -0.490 e. The average molecular weight is 367 g/mol. The number of ether oxygens (including phenoxy) is 2. The van der Waals surface area contributed by atoms with Gasteiger partial charge in [0, 0.05) is 11.1 Å². The summed E-state index contributed by atoms with van der Waals surface area (Å²) in [6, 6.07) is 13.8. The van der Waals surface area contributed by atoms with E-state index in [-0.39, 0.29) is 22.7 Å². The van der Waals surface area contributed by atoms with E-state index < -0.39 is 0 Å². The Bertz CT molecular complexity index is 833. The average Bonchev–Trinajstić information content (AvgIpc) is 3.42. The van der Waals surface area contributed by atoms with Crippen molar-refractivity contribution in [3.05, 3.63) is 64.7 Å². The number of carbonyl (C=O) groups is 1. The van der Waals surface area contributed by atoms with Crippen LogP contribution in [0.25, 0.3) is 0 Å². The molecule has 1 aliphatic heterocycles. The Kier molecular flexibility index (Phi) is 5.18. The van der Waals surface area contributed by atoms with Gasteiger partial charge in [-0.15, -0.1) is 0 Å². The zero-order chi connectivity index (χ0) is 19.8. The van der Waals surface area contributed by atoms with Crippen LogP contribution in [0, 0.1) is 0 Å². The Morgan fingerprint density at radius 2 is 1.70 bits per heavy atom. The lowest BCUT2D eigenvalue weighted by atomic mass is 9.83. The van der Waals surface area contributed by atoms with Crippen molar-refractivity contribution in [3.8, 4) is 5.75 Å². The van der Waals surface area contributed by atoms with Gasteiger partial charge < -0.3 is 9.47 Å². The van der Waals surface area contributed by atoms with E-state index in [1.807, 2.05) is 36.4 Å². The minimum atomic E-state index is -0.122. The summed E-state index contributed by atoms with van der Waals surface area (Å²) in [5.74, 6) is 0.686. The quantitative estimate of drug-likeness (QED) is 0.533. The van der Waals surface area contributed by atoms with Crippen LogP contribution in [0.2, 0.25) is 0 Å². The molecular weight excluding hydrogens is 336 g/mol. The van der Waals surface area contributed by atoms with Gasteiger partial charge in [-0.3, -0.25) is 4.79 Å². The van der Waals surface area contributed by atoms with Crippen LogP contribution in [0.1, 0.15) is 68.6 Å². The van der Waals surface area contributed by atoms with Crippen molar-refractivity contribution in [1.82, 2.24) is 0 Å². The van der Waals surface area contributed by atoms with Gasteiger partial charge in [-0.25, -0.2) is 0 Å². The highest BCUT2D eigenvalue weighted by molar-refractivity contribution is 6.11. The van der Waals surface area contributed by atoms with Crippen molar-refractivity contribution < 1.29 is 14.3 Å². The summed E-state index contributed by atoms with van der Waals surface area (Å²) in [6.45, 7) is 14.1. The van der Waals surface area contributed by atoms with Crippen LogP contribution in [0.3, 0.4) is 0 Å². The largest absolute Gasteiger partial charge is 0.490 e. The number of epoxide rings is 1. The van der Waals surface area contributed by atoms with Crippen LogP contribution in [0.5, 0.6) is 5.75 Å². The molecule has 1 unspecified atom stereocenters. The Labute approximate surface area is 162 Å². The van der Waals surface area contributed by atoms with Gasteiger partial charge in [0.15, 0.2) is 5.78 Å². The fraction of sp³-hybridized carbons (Fsp3) is 0.458. The van der Waals surface area contributed by atoms with Gasteiger partial charge in [0.2, 0.25) is 0 Å². The molecule has 3 heteroatoms. The number of rotatable bonds is 5. The molecule has 1 fully saturated rings. The van der Waals surface area contributed by atoms with E-state index in [1.54, 1.807) is 0 Å². The van der Waals surface area contributed by atoms with Crippen molar-refractivity contribution >= 4 is 5.78 Å². The molecule has 27 heavy (non-hydrogen) atoms. The molecule has 1 heterocycles. The first kappa shape index (κ1) is 19.6. The van der Waals surface area contributed by atoms with Gasteiger partial charge in [-0.2, -0.15) is 0 Å². The fourth-order valence-electron chi connectivity index (χ4n) is 3.08. The second-order valence-electron chi connectivity index (χ2n) is 9.36. The fourth-order valence-corrected chi connectivity index (χ4v) is 3.08. The molecule has 0 saturated carbocycles. The van der Waals surface area contributed by atoms with Crippen LogP contribution in [-0.2, 0) is 15.6 Å². The summed E-state index contributed by atoms with van der Waals surface area (Å²) in [7, 11) is 0. The molecule has 0 amide bonds. The molecule has 1 atom stereocenters. The molecule has 3 rings (SSSR count). The lowest BCUT2D eigenvalue weighted by Gasteiger charge is -2.25. The molecule has 144 valence electrons. The number of hydrogen-bond donors (Lipinski definition) is 0. The van der Waals surface area contributed by atoms with Crippen LogP contribution >= 0.6 is 0 Å². The number of carbonyl (C=O) groups excluding carboxylic acids is 1. The van der Waals surface area contributed by atoms with Gasteiger partial charge in [-0.1, -0.05) is 71.9 Å². The second kappa shape index (κ2) is 7.12. The topological polar surface area (TPSA) is 38.8 Å². The monoisotopic (exact) mass is 366 g/mol. The molecule has 0 N–H and O–H groups in total. The van der Waals surface area contributed by atoms with E-state index in [0.29, 0.717) is 23.5 Å². The van der Waals surface area contributed by atoms with E-state index in [0.717, 1.165) is 17.7 Å². The van der Waals surface area contributed by atoms with Crippen molar-refractivity contribution in [2.45, 2.75) is 58.5 Å². The third-order valence-electron chi connectivity index (χ3n) is 4.87. The number of benzene rings is 2. The summed E-state index contributed by atoms with van der Waals surface area (Å²) in [5.41, 5.74) is 3.38. The predicted octanol–water partition coefficient (Wildman–Crippen LogP) is 5.29. The summed E-state index contributed by atoms with van der Waals surface area (Å²) >= 11 is 0. The molecule has 3 nitrogen and oxygen atoms in total. The molecule has 2 aromatic rings. The maximum absolute atomic E-state index is 13.4. The highest BCUT2D eigenvalue weighted by Gasteiger charge is 2.28. The zero-order valence-electron chi connectivity index (χ0n) is 17.3. The molecule has 0 aromatic heterocycles. The third-order valence-corrected chi connectivity index (χ3v) is 4.87. The van der Waals surface area contributed by atoms with Gasteiger partial charge in [0.25, 0.3) is 0 Å². The molecule has 0 radical (unpaired) electrons. The number of ketones is 1. The zero-order valence-corrected chi connectivity index (χ0v) is 17.3. The summed E-state index contributed by atoms with van der Waals surface area (Å²) in [6.07, 6.45) is 0.144. The molecule has 0 spiro atoms. The molecule has 0 bridgehead atoms. The maximum Gasteiger partial charge on any atom is 0.196 e. The predicted molar refractivity (Wildman–Crippen MR) is 109 cm³/mol. The molecule has 1 aliphatic rings. The van der Waals surface area contributed by atoms with E-state index in [1.165, 1.54) is 0 Å². The third kappa shape index (κ3) is 4.59. The lowest BCUT2D eigenvalue weighted by molar-refractivity contribution is 0.103. The van der Waals surface area contributed by atoms with Gasteiger partial charge in [0.05, 0.1) is 12.2 Å². The highest BCUT2D eigenvalue weighted by atomic mass is 16.6. The number of para-hydroxylation sites is 1. The summed E-state index contributed by atoms with van der Waals surface area (Å²) in [4.78, 5) is 13.4. The van der Waals surface area contributed by atoms with Crippen LogP contribution in [-0.4, -0.2) is 25.1 Å². The van der Waals surface area contributed by atoms with E-state index in [4.69, 9.17) is 9.47 Å². The van der Waals surface area contributed by atoms with Crippen molar-refractivity contribution in [2.24, 2.45) is 0 Å². The maximum atomic E-state index is 13.4. The van der Waals surface area contributed by atoms with Crippen LogP contribution < -0.4 is 4.74 Å². The molecule has 1 saturated heterocycles. The Morgan fingerprint density at radius 1 is 1.04 bits per heavy atom. The van der Waals surface area contributed by atoms with E-state index in [2.05, 4.69) is 47.6 Å². The first-order chi connectivity index (χ1) is 12.6. The highest BCUT2D eigenvalue weighted by Crippen LogP contribution is 2.36.